The topological polar surface area (TPSA) is 101 Å². The monoisotopic (exact) mass is 320 g/mol. The summed E-state index contributed by atoms with van der Waals surface area (Å²) in [6, 6.07) is 1.19. The Morgan fingerprint density at radius 1 is 1.77 bits per heavy atom. The van der Waals surface area contributed by atoms with Crippen LogP contribution in [0.15, 0.2) is 12.7 Å². The molecule has 0 aromatic heterocycles. The Balaban J connectivity index is -0.000000120. The van der Waals surface area contributed by atoms with Crippen molar-refractivity contribution in [3.8, 4) is 6.07 Å². The van der Waals surface area contributed by atoms with Gasteiger partial charge < -0.3 is 20.9 Å². The number of carbonyl (C=O) groups excluding carboxylic acids is 2. The van der Waals surface area contributed by atoms with Gasteiger partial charge in [0, 0.05) is 6.08 Å². The zero-order valence-electron chi connectivity index (χ0n) is 14.1. The fourth-order valence-electron chi connectivity index (χ4n) is 0.946. The third-order valence-corrected chi connectivity index (χ3v) is 2.03. The van der Waals surface area contributed by atoms with Crippen LogP contribution in [-0.4, -0.2) is 49.3 Å². The summed E-state index contributed by atoms with van der Waals surface area (Å²) in [6.45, 7) is 11.9. The first-order valence-electron chi connectivity index (χ1n) is 6.31. The second kappa shape index (κ2) is 19.8. The van der Waals surface area contributed by atoms with Gasteiger partial charge >= 0.3 is 41.6 Å². The number of nitrogens with zero attached hydrogens (tertiary/aromatic N) is 2. The largest absolute Gasteiger partial charge is 1.00 e. The van der Waals surface area contributed by atoms with Crippen molar-refractivity contribution in [2.45, 2.75) is 25.8 Å². The van der Waals surface area contributed by atoms with Gasteiger partial charge in [0.25, 0.3) is 0 Å². The molecule has 0 aromatic carbocycles. The predicted octanol–water partition coefficient (Wildman–Crippen LogP) is -1.99. The Morgan fingerprint density at radius 3 is 2.64 bits per heavy atom. The number of ether oxygens (including phenoxy) is 2. The number of carbonyl (C=O) groups is 2. The summed E-state index contributed by atoms with van der Waals surface area (Å²) in [7, 11) is 0. The van der Waals surface area contributed by atoms with Gasteiger partial charge in [-0.2, -0.15) is 5.26 Å². The molecule has 8 heteroatoms. The van der Waals surface area contributed by atoms with Crippen molar-refractivity contribution < 1.29 is 55.2 Å². The summed E-state index contributed by atoms with van der Waals surface area (Å²) in [5.74, 6) is -0.622. The molecule has 1 saturated heterocycles. The average molecular weight is 320 g/mol. The summed E-state index contributed by atoms with van der Waals surface area (Å²) in [5, 5.41) is 15.7. The van der Waals surface area contributed by atoms with E-state index in [0.29, 0.717) is 13.2 Å². The number of unbranched alkanes of at least 4 members (excludes halogenated alkanes) is 1. The van der Waals surface area contributed by atoms with Crippen LogP contribution in [0.2, 0.25) is 0 Å². The molecule has 1 rings (SSSR count). The number of rotatable bonds is 4. The van der Waals surface area contributed by atoms with Crippen molar-refractivity contribution in [3.05, 3.63) is 24.1 Å². The number of Topliss-reactive ketones (excluding diaryl/α,β-unsaturated/α-hetero) is 1. The zero-order chi connectivity index (χ0) is 16.5. The van der Waals surface area contributed by atoms with E-state index in [9.17, 15) is 9.59 Å². The van der Waals surface area contributed by atoms with Gasteiger partial charge in [0.1, 0.15) is 19.8 Å². The smallest absolute Gasteiger partial charge is 1.00 e. The van der Waals surface area contributed by atoms with Gasteiger partial charge in [0.05, 0.1) is 12.7 Å². The third-order valence-electron chi connectivity index (χ3n) is 2.03. The first kappa shape index (κ1) is 25.7. The maximum atomic E-state index is 10.5. The van der Waals surface area contributed by atoms with Crippen molar-refractivity contribution in [1.29, 1.82) is 5.26 Å². The van der Waals surface area contributed by atoms with Crippen LogP contribution in [0.3, 0.4) is 0 Å². The van der Waals surface area contributed by atoms with Gasteiger partial charge in [-0.05, 0) is 6.42 Å². The summed E-state index contributed by atoms with van der Waals surface area (Å²) >= 11 is 0. The van der Waals surface area contributed by atoms with Crippen LogP contribution in [-0.2, 0) is 19.1 Å². The standard InChI is InChI=1S/C6H12O3.C5H5NO2.C3H3N.Na.H/c1-2-3-4-9-6(8)5-7;1-6-4-2-8-3-5(4)7;1-2-3-4;;/h7H,2-5H2,1H3;4H,2-3H2;2H,1H2;;/q;;;+1;-1. The van der Waals surface area contributed by atoms with E-state index in [2.05, 4.69) is 16.2 Å². The zero-order valence-corrected chi connectivity index (χ0v) is 15.1. The van der Waals surface area contributed by atoms with Crippen LogP contribution in [0.5, 0.6) is 0 Å². The number of nitriles is 1. The van der Waals surface area contributed by atoms with Gasteiger partial charge in [-0.25, -0.2) is 11.4 Å². The minimum absolute atomic E-state index is 0. The second-order valence-corrected chi connectivity index (χ2v) is 3.69. The molecule has 0 bridgehead atoms. The number of hydrogen-bond acceptors (Lipinski definition) is 6. The Morgan fingerprint density at radius 2 is 2.36 bits per heavy atom. The molecule has 7 nitrogen and oxygen atoms in total. The number of hydrogen-bond donors (Lipinski definition) is 1. The maximum absolute atomic E-state index is 10.5. The van der Waals surface area contributed by atoms with Gasteiger partial charge in [-0.1, -0.05) is 19.9 Å². The minimum Gasteiger partial charge on any atom is -1.00 e. The summed E-state index contributed by atoms with van der Waals surface area (Å²) in [6.07, 6.45) is 3.05. The first-order valence-corrected chi connectivity index (χ1v) is 6.31. The van der Waals surface area contributed by atoms with E-state index in [1.54, 1.807) is 6.07 Å². The van der Waals surface area contributed by atoms with E-state index >= 15 is 0 Å². The molecule has 1 atom stereocenters. The Labute approximate surface area is 154 Å². The molecule has 1 fully saturated rings. The van der Waals surface area contributed by atoms with Gasteiger partial charge in [-0.3, -0.25) is 4.79 Å². The number of esters is 1. The Kier molecular flexibility index (Phi) is 23.1. The van der Waals surface area contributed by atoms with Crippen LogP contribution >= 0.6 is 0 Å². The van der Waals surface area contributed by atoms with Gasteiger partial charge in [0.2, 0.25) is 5.78 Å². The molecule has 0 spiro atoms. The molecule has 1 unspecified atom stereocenters. The number of aliphatic hydroxyl groups excluding tert-OH is 1. The fourth-order valence-corrected chi connectivity index (χ4v) is 0.946. The molecule has 0 aromatic rings. The van der Waals surface area contributed by atoms with Crippen LogP contribution in [0.1, 0.15) is 21.2 Å². The van der Waals surface area contributed by atoms with Crippen molar-refractivity contribution in [2.24, 2.45) is 0 Å². The summed E-state index contributed by atoms with van der Waals surface area (Å²) in [5.41, 5.74) is 0. The second-order valence-electron chi connectivity index (χ2n) is 3.69. The molecule has 0 amide bonds. The van der Waals surface area contributed by atoms with Crippen molar-refractivity contribution in [1.82, 2.24) is 0 Å². The number of ketones is 1. The van der Waals surface area contributed by atoms with Gasteiger partial charge in [-0.15, -0.1) is 0 Å². The minimum atomic E-state index is -0.538. The molecule has 0 aliphatic carbocycles. The molecule has 1 aliphatic heterocycles. The van der Waals surface area contributed by atoms with E-state index in [0.717, 1.165) is 12.8 Å². The Hall–Kier alpha value is -1.22. The van der Waals surface area contributed by atoms with Crippen molar-refractivity contribution >= 4 is 11.8 Å². The summed E-state index contributed by atoms with van der Waals surface area (Å²) in [4.78, 5) is 23.7. The first-order chi connectivity index (χ1) is 10.1. The third kappa shape index (κ3) is 16.8. The fraction of sp³-hybridized carbons (Fsp3) is 0.571. The molecule has 1 aliphatic rings. The van der Waals surface area contributed by atoms with E-state index in [1.165, 1.54) is 6.08 Å². The van der Waals surface area contributed by atoms with Crippen molar-refractivity contribution in [3.63, 3.8) is 0 Å². The van der Waals surface area contributed by atoms with Gasteiger partial charge in [0.15, 0.2) is 0 Å². The van der Waals surface area contributed by atoms with Crippen molar-refractivity contribution in [2.75, 3.05) is 26.4 Å². The van der Waals surface area contributed by atoms with E-state index < -0.39 is 18.6 Å². The molecular weight excluding hydrogens is 299 g/mol. The van der Waals surface area contributed by atoms with Crippen LogP contribution in [0.4, 0.5) is 0 Å². The maximum Gasteiger partial charge on any atom is 1.00 e. The quantitative estimate of drug-likeness (QED) is 0.212. The van der Waals surface area contributed by atoms with Crippen LogP contribution < -0.4 is 29.6 Å². The van der Waals surface area contributed by atoms with Crippen LogP contribution in [0, 0.1) is 17.9 Å². The van der Waals surface area contributed by atoms with E-state index in [4.69, 9.17) is 21.7 Å². The molecule has 1 heterocycles. The molecule has 0 saturated carbocycles. The van der Waals surface area contributed by atoms with E-state index in [1.807, 2.05) is 6.92 Å². The number of aliphatic hydroxyl groups is 1. The number of allylic oxidation sites excluding steroid dienone is 1. The molecule has 118 valence electrons. The molecule has 1 N–H and O–H groups in total. The normalized spacial score (nSPS) is 14.5. The SMILES string of the molecule is C=CC#N.CCCCOC(=O)CO.[C-]#[N+]C1COCC1=O.[H-].[Na+]. The Bertz CT molecular complexity index is 407. The average Bonchev–Trinajstić information content (AvgIpc) is 2.93. The molecule has 0 radical (unpaired) electrons. The van der Waals surface area contributed by atoms with E-state index in [-0.39, 0.29) is 43.4 Å². The predicted molar refractivity (Wildman–Crippen MR) is 76.1 cm³/mol. The summed E-state index contributed by atoms with van der Waals surface area (Å²) < 4.78 is 9.24. The van der Waals surface area contributed by atoms with Crippen LogP contribution in [0.25, 0.3) is 4.85 Å². The molecule has 22 heavy (non-hydrogen) atoms. The molecular formula is C14H21N2NaO5.